The number of hydrogen-bond acceptors (Lipinski definition) is 6. The fourth-order valence-electron chi connectivity index (χ4n) is 4.05. The number of methoxy groups -OCH3 is 2. The highest BCUT2D eigenvalue weighted by Gasteiger charge is 2.41. The smallest absolute Gasteiger partial charge is 0.416 e. The van der Waals surface area contributed by atoms with Gasteiger partial charge in [-0.2, -0.15) is 17.9 Å². The zero-order valence-electron chi connectivity index (χ0n) is 17.1. The molecular formula is C21H22F3N5O2. The number of halogens is 3. The number of ether oxygens (including phenoxy) is 2. The Morgan fingerprint density at radius 1 is 1.00 bits per heavy atom. The topological polar surface area (TPSA) is 74.1 Å². The number of tetrazole rings is 1. The molecule has 4 rings (SSSR count). The predicted molar refractivity (Wildman–Crippen MR) is 107 cm³/mol. The standard InChI is InChI=1S/C21H22F3N5O2/c1-30-17-9-8-15(13-18(17)31-2)25-20(10-3-4-11-20)19-26-27-28-29(19)16-7-5-6-14(12-16)21(22,23)24/h5-9,12-13,25H,3-4,10-11H2,1-2H3. The molecule has 1 saturated carbocycles. The number of rotatable bonds is 6. The van der Waals surface area contributed by atoms with Crippen LogP contribution in [0.2, 0.25) is 0 Å². The lowest BCUT2D eigenvalue weighted by atomic mass is 9.95. The Bertz CT molecular complexity index is 1060. The molecule has 0 amide bonds. The quantitative estimate of drug-likeness (QED) is 0.614. The van der Waals surface area contributed by atoms with Crippen molar-refractivity contribution in [1.82, 2.24) is 20.2 Å². The van der Waals surface area contributed by atoms with Crippen molar-refractivity contribution >= 4 is 5.69 Å². The normalized spacial score (nSPS) is 15.6. The van der Waals surface area contributed by atoms with Gasteiger partial charge in [-0.1, -0.05) is 18.9 Å². The minimum Gasteiger partial charge on any atom is -0.493 e. The first-order valence-electron chi connectivity index (χ1n) is 9.83. The van der Waals surface area contributed by atoms with Crippen LogP contribution in [0.15, 0.2) is 42.5 Å². The summed E-state index contributed by atoms with van der Waals surface area (Å²) < 4.78 is 51.7. The van der Waals surface area contributed by atoms with Crippen LogP contribution in [0.5, 0.6) is 11.5 Å². The van der Waals surface area contributed by atoms with Crippen LogP contribution in [0.3, 0.4) is 0 Å². The van der Waals surface area contributed by atoms with Gasteiger partial charge in [0, 0.05) is 11.8 Å². The first kappa shape index (κ1) is 21.0. The second-order valence-corrected chi connectivity index (χ2v) is 7.45. The lowest BCUT2D eigenvalue weighted by Crippen LogP contribution is -2.35. The van der Waals surface area contributed by atoms with Gasteiger partial charge in [-0.25, -0.2) is 0 Å². The van der Waals surface area contributed by atoms with Crippen LogP contribution in [0.4, 0.5) is 18.9 Å². The molecule has 0 saturated heterocycles. The molecule has 0 aliphatic heterocycles. The summed E-state index contributed by atoms with van der Waals surface area (Å²) in [4.78, 5) is 0. The third-order valence-corrected chi connectivity index (χ3v) is 5.54. The highest BCUT2D eigenvalue weighted by Crippen LogP contribution is 2.42. The van der Waals surface area contributed by atoms with Crippen molar-refractivity contribution < 1.29 is 22.6 Å². The lowest BCUT2D eigenvalue weighted by Gasteiger charge is -2.30. The zero-order valence-corrected chi connectivity index (χ0v) is 17.1. The van der Waals surface area contributed by atoms with E-state index in [0.717, 1.165) is 43.5 Å². The number of nitrogens with one attached hydrogen (secondary N) is 1. The summed E-state index contributed by atoms with van der Waals surface area (Å²) in [7, 11) is 3.12. The van der Waals surface area contributed by atoms with Gasteiger partial charge in [0.2, 0.25) is 0 Å². The summed E-state index contributed by atoms with van der Waals surface area (Å²) in [5.74, 6) is 1.64. The van der Waals surface area contributed by atoms with Crippen molar-refractivity contribution in [2.24, 2.45) is 0 Å². The van der Waals surface area contributed by atoms with Crippen LogP contribution in [-0.4, -0.2) is 34.4 Å². The monoisotopic (exact) mass is 433 g/mol. The molecule has 0 unspecified atom stereocenters. The first-order valence-corrected chi connectivity index (χ1v) is 9.83. The number of anilines is 1. The minimum absolute atomic E-state index is 0.259. The second-order valence-electron chi connectivity index (χ2n) is 7.45. The van der Waals surface area contributed by atoms with E-state index in [4.69, 9.17) is 9.47 Å². The van der Waals surface area contributed by atoms with E-state index in [1.165, 1.54) is 10.7 Å². The Morgan fingerprint density at radius 3 is 2.42 bits per heavy atom. The lowest BCUT2D eigenvalue weighted by molar-refractivity contribution is -0.137. The molecule has 0 radical (unpaired) electrons. The molecule has 1 aliphatic rings. The van der Waals surface area contributed by atoms with E-state index in [2.05, 4.69) is 20.8 Å². The molecule has 1 heterocycles. The van der Waals surface area contributed by atoms with E-state index in [9.17, 15) is 13.2 Å². The molecule has 31 heavy (non-hydrogen) atoms. The maximum Gasteiger partial charge on any atom is 0.416 e. The van der Waals surface area contributed by atoms with Gasteiger partial charge in [0.1, 0.15) is 0 Å². The van der Waals surface area contributed by atoms with Gasteiger partial charge in [0.15, 0.2) is 17.3 Å². The average Bonchev–Trinajstić information content (AvgIpc) is 3.43. The van der Waals surface area contributed by atoms with Gasteiger partial charge in [0.05, 0.1) is 31.0 Å². The molecule has 164 valence electrons. The Labute approximate surface area is 177 Å². The molecular weight excluding hydrogens is 411 g/mol. The summed E-state index contributed by atoms with van der Waals surface area (Å²) in [5.41, 5.74) is -0.342. The van der Waals surface area contributed by atoms with Crippen molar-refractivity contribution in [1.29, 1.82) is 0 Å². The number of benzene rings is 2. The summed E-state index contributed by atoms with van der Waals surface area (Å²) in [5, 5.41) is 15.5. The third kappa shape index (κ3) is 4.01. The van der Waals surface area contributed by atoms with E-state index in [1.807, 2.05) is 12.1 Å². The number of nitrogens with zero attached hydrogens (tertiary/aromatic N) is 4. The average molecular weight is 433 g/mol. The fourth-order valence-corrected chi connectivity index (χ4v) is 4.05. The molecule has 10 heteroatoms. The summed E-state index contributed by atoms with van der Waals surface area (Å²) in [6, 6.07) is 10.5. The maximum atomic E-state index is 13.2. The summed E-state index contributed by atoms with van der Waals surface area (Å²) in [6.07, 6.45) is -1.10. The van der Waals surface area contributed by atoms with Gasteiger partial charge in [-0.15, -0.1) is 5.10 Å². The van der Waals surface area contributed by atoms with Crippen LogP contribution in [0, 0.1) is 0 Å². The molecule has 2 aromatic carbocycles. The summed E-state index contributed by atoms with van der Waals surface area (Å²) >= 11 is 0. The van der Waals surface area contributed by atoms with Crippen LogP contribution < -0.4 is 14.8 Å². The Balaban J connectivity index is 1.74. The molecule has 1 N–H and O–H groups in total. The third-order valence-electron chi connectivity index (χ3n) is 5.54. The zero-order chi connectivity index (χ0) is 22.1. The van der Waals surface area contributed by atoms with Gasteiger partial charge in [-0.05, 0) is 53.6 Å². The van der Waals surface area contributed by atoms with Crippen molar-refractivity contribution in [3.05, 3.63) is 53.9 Å². The first-order chi connectivity index (χ1) is 14.9. The largest absolute Gasteiger partial charge is 0.493 e. The van der Waals surface area contributed by atoms with Crippen molar-refractivity contribution in [2.75, 3.05) is 19.5 Å². The van der Waals surface area contributed by atoms with Gasteiger partial charge in [-0.3, -0.25) is 0 Å². The van der Waals surface area contributed by atoms with Crippen molar-refractivity contribution in [3.63, 3.8) is 0 Å². The molecule has 0 bridgehead atoms. The molecule has 0 spiro atoms. The van der Waals surface area contributed by atoms with Crippen molar-refractivity contribution in [2.45, 2.75) is 37.4 Å². The second kappa shape index (κ2) is 8.09. The molecule has 1 fully saturated rings. The van der Waals surface area contributed by atoms with Gasteiger partial charge >= 0.3 is 6.18 Å². The molecule has 1 aromatic heterocycles. The van der Waals surface area contributed by atoms with E-state index < -0.39 is 17.3 Å². The minimum atomic E-state index is -4.45. The van der Waals surface area contributed by atoms with Gasteiger partial charge < -0.3 is 14.8 Å². The van der Waals surface area contributed by atoms with Crippen LogP contribution in [0.1, 0.15) is 37.1 Å². The van der Waals surface area contributed by atoms with E-state index in [1.54, 1.807) is 26.4 Å². The van der Waals surface area contributed by atoms with E-state index in [-0.39, 0.29) is 5.69 Å². The van der Waals surface area contributed by atoms with Crippen molar-refractivity contribution in [3.8, 4) is 17.2 Å². The predicted octanol–water partition coefficient (Wildman–Crippen LogP) is 4.58. The maximum absolute atomic E-state index is 13.2. The van der Waals surface area contributed by atoms with Gasteiger partial charge in [0.25, 0.3) is 0 Å². The molecule has 1 aliphatic carbocycles. The highest BCUT2D eigenvalue weighted by molar-refractivity contribution is 5.56. The molecule has 7 nitrogen and oxygen atoms in total. The molecule has 3 aromatic rings. The highest BCUT2D eigenvalue weighted by atomic mass is 19.4. The SMILES string of the molecule is COc1ccc(NC2(c3nnnn3-c3cccc(C(F)(F)F)c3)CCCC2)cc1OC. The number of alkyl halides is 3. The summed E-state index contributed by atoms with van der Waals surface area (Å²) in [6.45, 7) is 0. The van der Waals surface area contributed by atoms with E-state index in [0.29, 0.717) is 17.3 Å². The number of aromatic nitrogens is 4. The Morgan fingerprint density at radius 2 is 1.74 bits per heavy atom. The number of hydrogen-bond donors (Lipinski definition) is 1. The van der Waals surface area contributed by atoms with Crippen LogP contribution >= 0.6 is 0 Å². The van der Waals surface area contributed by atoms with E-state index >= 15 is 0 Å². The fraction of sp³-hybridized carbons (Fsp3) is 0.381. The Kier molecular flexibility index (Phi) is 5.47. The molecule has 0 atom stereocenters. The van der Waals surface area contributed by atoms with Crippen LogP contribution in [-0.2, 0) is 11.7 Å². The van der Waals surface area contributed by atoms with Crippen LogP contribution in [0.25, 0.3) is 5.69 Å². The Hall–Kier alpha value is -3.30.